The van der Waals surface area contributed by atoms with Gasteiger partial charge in [0.2, 0.25) is 11.8 Å². The van der Waals surface area contributed by atoms with Crippen molar-refractivity contribution in [3.8, 4) is 5.75 Å². The van der Waals surface area contributed by atoms with Crippen LogP contribution in [0.3, 0.4) is 0 Å². The van der Waals surface area contributed by atoms with Crippen molar-refractivity contribution in [3.05, 3.63) is 29.3 Å². The fourth-order valence-corrected chi connectivity index (χ4v) is 11.3. The zero-order valence-electron chi connectivity index (χ0n) is 33.3. The van der Waals surface area contributed by atoms with Crippen LogP contribution in [0, 0.1) is 23.2 Å². The minimum atomic E-state index is -3.88. The quantitative estimate of drug-likeness (QED) is 0.127. The van der Waals surface area contributed by atoms with Gasteiger partial charge in [-0.2, -0.15) is 0 Å². The van der Waals surface area contributed by atoms with Crippen molar-refractivity contribution in [1.29, 1.82) is 0 Å². The van der Waals surface area contributed by atoms with E-state index in [2.05, 4.69) is 23.6 Å². The number of fused-ring (bicyclic) bond motifs is 5. The fraction of sp³-hybridized carbons (Fsp3) is 0.800. The molecule has 0 radical (unpaired) electrons. The number of phosphoric acid groups is 1. The van der Waals surface area contributed by atoms with E-state index < -0.39 is 37.1 Å². The normalized spacial score (nSPS) is 31.6. The molecule has 1 aromatic rings. The van der Waals surface area contributed by atoms with Gasteiger partial charge >= 0.3 is 7.82 Å². The number of ether oxygens (including phenoxy) is 2. The van der Waals surface area contributed by atoms with Crippen LogP contribution in [0.1, 0.15) is 123 Å². The van der Waals surface area contributed by atoms with Crippen LogP contribution in [0.5, 0.6) is 5.75 Å². The lowest BCUT2D eigenvalue weighted by Crippen LogP contribution is -2.55. The molecule has 3 fully saturated rings. The molecule has 4 aliphatic carbocycles. The number of hydrogen-bond acceptors (Lipinski definition) is 10. The zero-order chi connectivity index (χ0) is 38.8. The van der Waals surface area contributed by atoms with Crippen LogP contribution in [0.25, 0.3) is 0 Å². The summed E-state index contributed by atoms with van der Waals surface area (Å²) in [5.74, 6) is 1.08. The van der Waals surface area contributed by atoms with E-state index in [0.717, 1.165) is 38.5 Å². The smallest absolute Gasteiger partial charge is 0.404 e. The monoisotopic (exact) mass is 763 g/mol. The number of aryl methyl sites for hydroxylation is 1. The lowest BCUT2D eigenvalue weighted by Gasteiger charge is -2.50. The van der Waals surface area contributed by atoms with Crippen LogP contribution in [-0.2, 0) is 39.1 Å². The Morgan fingerprint density at radius 2 is 1.68 bits per heavy atom. The van der Waals surface area contributed by atoms with Crippen LogP contribution >= 0.6 is 7.82 Å². The SMILES string of the molecule is COC1CCC(N)C(O)C1C(=O)NCCCNC(=O)CCOC1CCC2C3CCc4cc(OP(=O)(OC(C)(C)C)OC(C)(C)C)ccc4C3CCC12C. The number of phosphoric ester groups is 1. The molecule has 13 heteroatoms. The molecule has 9 unspecified atom stereocenters. The summed E-state index contributed by atoms with van der Waals surface area (Å²) >= 11 is 0. The Morgan fingerprint density at radius 3 is 2.36 bits per heavy atom. The lowest BCUT2D eigenvalue weighted by atomic mass is 9.55. The van der Waals surface area contributed by atoms with Crippen LogP contribution in [0.15, 0.2) is 18.2 Å². The van der Waals surface area contributed by atoms with Crippen molar-refractivity contribution in [2.45, 2.75) is 154 Å². The number of aliphatic hydroxyl groups is 1. The van der Waals surface area contributed by atoms with Crippen molar-refractivity contribution in [1.82, 2.24) is 10.6 Å². The molecule has 0 saturated heterocycles. The molecule has 1 aromatic carbocycles. The third-order valence-electron chi connectivity index (χ3n) is 11.8. The van der Waals surface area contributed by atoms with Gasteiger partial charge in [-0.3, -0.25) is 18.6 Å². The van der Waals surface area contributed by atoms with E-state index in [9.17, 15) is 19.3 Å². The van der Waals surface area contributed by atoms with E-state index in [0.29, 0.717) is 68.9 Å². The van der Waals surface area contributed by atoms with Gasteiger partial charge in [0.05, 0.1) is 42.0 Å². The number of amides is 2. The lowest BCUT2D eigenvalue weighted by molar-refractivity contribution is -0.140. The number of rotatable bonds is 14. The number of nitrogens with two attached hydrogens (primary N) is 1. The Labute approximate surface area is 316 Å². The van der Waals surface area contributed by atoms with Crippen LogP contribution in [-0.4, -0.2) is 79.3 Å². The molecule has 0 bridgehead atoms. The third-order valence-corrected chi connectivity index (χ3v) is 13.8. The molecule has 3 saturated carbocycles. The molecule has 0 aliphatic heterocycles. The summed E-state index contributed by atoms with van der Waals surface area (Å²) in [5.41, 5.74) is 7.26. The predicted molar refractivity (Wildman–Crippen MR) is 203 cm³/mol. The second-order valence-corrected chi connectivity index (χ2v) is 19.4. The van der Waals surface area contributed by atoms with E-state index in [1.807, 2.05) is 53.7 Å². The molecule has 5 N–H and O–H groups in total. The molecule has 5 rings (SSSR count). The molecular weight excluding hydrogens is 697 g/mol. The van der Waals surface area contributed by atoms with Crippen molar-refractivity contribution in [3.63, 3.8) is 0 Å². The predicted octanol–water partition coefficient (Wildman–Crippen LogP) is 6.17. The summed E-state index contributed by atoms with van der Waals surface area (Å²) in [6.07, 6.45) is 7.27. The highest BCUT2D eigenvalue weighted by molar-refractivity contribution is 7.49. The number of nitrogens with one attached hydrogen (secondary N) is 2. The van der Waals surface area contributed by atoms with Gasteiger partial charge in [0.15, 0.2) is 0 Å². The molecule has 9 atom stereocenters. The number of hydrogen-bond donors (Lipinski definition) is 4. The maximum Gasteiger partial charge on any atom is 0.531 e. The Balaban J connectivity index is 1.07. The molecule has 300 valence electrons. The highest BCUT2D eigenvalue weighted by atomic mass is 31.2. The average molecular weight is 764 g/mol. The fourth-order valence-electron chi connectivity index (χ4n) is 9.51. The second-order valence-electron chi connectivity index (χ2n) is 18.0. The topological polar surface area (TPSA) is 168 Å². The minimum absolute atomic E-state index is 0.0635. The Morgan fingerprint density at radius 1 is 0.981 bits per heavy atom. The Hall–Kier alpha value is -2.05. The largest absolute Gasteiger partial charge is 0.531 e. The van der Waals surface area contributed by atoms with Crippen molar-refractivity contribution < 1.29 is 42.3 Å². The van der Waals surface area contributed by atoms with E-state index in [1.165, 1.54) is 11.1 Å². The zero-order valence-corrected chi connectivity index (χ0v) is 34.2. The molecule has 53 heavy (non-hydrogen) atoms. The van der Waals surface area contributed by atoms with Gasteiger partial charge in [-0.1, -0.05) is 13.0 Å². The van der Waals surface area contributed by atoms with E-state index in [-0.39, 0.29) is 29.4 Å². The van der Waals surface area contributed by atoms with Gasteiger partial charge < -0.3 is 35.5 Å². The van der Waals surface area contributed by atoms with Crippen LogP contribution < -0.4 is 20.9 Å². The van der Waals surface area contributed by atoms with Gasteiger partial charge in [-0.15, -0.1) is 0 Å². The van der Waals surface area contributed by atoms with E-state index in [4.69, 9.17) is 28.8 Å². The first-order valence-corrected chi connectivity index (χ1v) is 21.2. The van der Waals surface area contributed by atoms with Gasteiger partial charge in [-0.25, -0.2) is 4.57 Å². The summed E-state index contributed by atoms with van der Waals surface area (Å²) in [7, 11) is -2.34. The van der Waals surface area contributed by atoms with Gasteiger partial charge in [0, 0.05) is 32.7 Å². The summed E-state index contributed by atoms with van der Waals surface area (Å²) in [5, 5.41) is 16.3. The van der Waals surface area contributed by atoms with Crippen molar-refractivity contribution >= 4 is 19.6 Å². The first-order chi connectivity index (χ1) is 24.8. The number of benzene rings is 1. The van der Waals surface area contributed by atoms with Crippen molar-refractivity contribution in [2.75, 3.05) is 26.8 Å². The summed E-state index contributed by atoms with van der Waals surface area (Å²) < 4.78 is 43.4. The highest BCUT2D eigenvalue weighted by Gasteiger charge is 2.55. The highest BCUT2D eigenvalue weighted by Crippen LogP contribution is 2.62. The van der Waals surface area contributed by atoms with Gasteiger partial charge in [0.1, 0.15) is 5.75 Å². The number of aliphatic hydroxyl groups excluding tert-OH is 1. The molecule has 0 heterocycles. The number of carbonyl (C=O) groups excluding carboxylic acids is 2. The average Bonchev–Trinajstić information content (AvgIpc) is 3.39. The summed E-state index contributed by atoms with van der Waals surface area (Å²) in [4.78, 5) is 25.4. The first-order valence-electron chi connectivity index (χ1n) is 19.8. The molecule has 0 spiro atoms. The van der Waals surface area contributed by atoms with Crippen LogP contribution in [0.4, 0.5) is 0 Å². The van der Waals surface area contributed by atoms with Gasteiger partial charge in [0.25, 0.3) is 0 Å². The molecule has 12 nitrogen and oxygen atoms in total. The third kappa shape index (κ3) is 10.4. The Kier molecular flexibility index (Phi) is 13.5. The molecular formula is C40H66N3O9P. The standard InChI is InChI=1S/C40H66N3O9P/c1-38(2,3)51-53(47,52-39(4,5)6)50-26-11-13-27-25(24-26)10-12-29-28(27)18-20-40(7)30(29)14-17-33(40)49-23-19-34(44)42-21-9-22-43-37(46)35-32(48-8)16-15-31(41)36(35)45/h11,13,24,28-33,35-36,45H,9-10,12,14-23,41H2,1-8H3,(H,42,44)(H,43,46). The molecule has 4 aliphatic rings. The number of methoxy groups -OCH3 is 1. The molecule has 2 amide bonds. The minimum Gasteiger partial charge on any atom is -0.404 e. The van der Waals surface area contributed by atoms with E-state index in [1.54, 1.807) is 7.11 Å². The number of carbonyl (C=O) groups is 2. The van der Waals surface area contributed by atoms with Crippen molar-refractivity contribution in [2.24, 2.45) is 28.9 Å². The maximum atomic E-state index is 13.8. The summed E-state index contributed by atoms with van der Waals surface area (Å²) in [6, 6.07) is 5.66. The Bertz CT molecular complexity index is 1460. The summed E-state index contributed by atoms with van der Waals surface area (Å²) in [6.45, 7) is 14.6. The maximum absolute atomic E-state index is 13.8. The van der Waals surface area contributed by atoms with E-state index >= 15 is 0 Å². The van der Waals surface area contributed by atoms with Gasteiger partial charge in [-0.05, 0) is 146 Å². The van der Waals surface area contributed by atoms with Crippen LogP contribution in [0.2, 0.25) is 0 Å². The molecule has 0 aromatic heterocycles. The first kappa shape index (κ1) is 42.1. The second kappa shape index (κ2) is 17.0.